The Balaban J connectivity index is 1.31. The number of aromatic nitrogens is 1. The van der Waals surface area contributed by atoms with Gasteiger partial charge in [0, 0.05) is 50.3 Å². The van der Waals surface area contributed by atoms with Crippen LogP contribution in [-0.2, 0) is 21.2 Å². The summed E-state index contributed by atoms with van der Waals surface area (Å²) < 4.78 is 32.9. The monoisotopic (exact) mass is 468 g/mol. The number of anilines is 1. The number of nitrogens with one attached hydrogen (secondary N) is 1. The fraction of sp³-hybridized carbons (Fsp3) is 0.333. The number of sulfonamides is 1. The van der Waals surface area contributed by atoms with Crippen LogP contribution in [0.25, 0.3) is 11.3 Å². The first kappa shape index (κ1) is 23.2. The van der Waals surface area contributed by atoms with E-state index in [0.717, 1.165) is 5.56 Å². The van der Waals surface area contributed by atoms with E-state index >= 15 is 0 Å². The minimum atomic E-state index is -3.53. The molecule has 9 heteroatoms. The molecule has 0 aliphatic carbocycles. The van der Waals surface area contributed by atoms with Gasteiger partial charge in [-0.05, 0) is 38.2 Å². The molecule has 1 aromatic heterocycles. The van der Waals surface area contributed by atoms with Crippen molar-refractivity contribution in [2.45, 2.75) is 24.7 Å². The molecule has 1 N–H and O–H groups in total. The van der Waals surface area contributed by atoms with Crippen LogP contribution in [0.15, 0.2) is 64.0 Å². The number of amides is 1. The molecule has 0 atom stereocenters. The lowest BCUT2D eigenvalue weighted by Crippen LogP contribution is -2.46. The van der Waals surface area contributed by atoms with E-state index < -0.39 is 10.0 Å². The summed E-state index contributed by atoms with van der Waals surface area (Å²) in [6.07, 6.45) is 2.24. The highest BCUT2D eigenvalue weighted by molar-refractivity contribution is 7.89. The van der Waals surface area contributed by atoms with Gasteiger partial charge in [0.2, 0.25) is 15.9 Å². The van der Waals surface area contributed by atoms with Crippen LogP contribution in [-0.4, -0.2) is 61.7 Å². The van der Waals surface area contributed by atoms with Crippen molar-refractivity contribution in [3.63, 3.8) is 0 Å². The second-order valence-electron chi connectivity index (χ2n) is 8.26. The Bertz CT molecular complexity index is 1200. The first-order chi connectivity index (χ1) is 15.8. The van der Waals surface area contributed by atoms with Crippen LogP contribution in [0.1, 0.15) is 17.9 Å². The fourth-order valence-corrected chi connectivity index (χ4v) is 5.03. The van der Waals surface area contributed by atoms with Crippen LogP contribution in [0.5, 0.6) is 0 Å². The predicted molar refractivity (Wildman–Crippen MR) is 126 cm³/mol. The molecule has 2 heterocycles. The van der Waals surface area contributed by atoms with Crippen molar-refractivity contribution in [3.8, 4) is 11.3 Å². The molecule has 1 fully saturated rings. The highest BCUT2D eigenvalue weighted by Crippen LogP contribution is 2.22. The number of rotatable bonds is 7. The van der Waals surface area contributed by atoms with E-state index in [1.54, 1.807) is 18.3 Å². The first-order valence-electron chi connectivity index (χ1n) is 10.9. The second-order valence-corrected chi connectivity index (χ2v) is 10.2. The summed E-state index contributed by atoms with van der Waals surface area (Å²) in [5.41, 5.74) is 2.65. The summed E-state index contributed by atoms with van der Waals surface area (Å²) in [5, 5.41) is 2.80. The van der Waals surface area contributed by atoms with Crippen molar-refractivity contribution in [1.82, 2.24) is 14.2 Å². The Morgan fingerprint density at radius 1 is 1.03 bits per heavy atom. The zero-order chi connectivity index (χ0) is 23.4. The van der Waals surface area contributed by atoms with Crippen molar-refractivity contribution in [3.05, 3.63) is 66.2 Å². The maximum atomic E-state index is 12.8. The van der Waals surface area contributed by atoms with Crippen molar-refractivity contribution in [2.24, 2.45) is 0 Å². The first-order valence-corrected chi connectivity index (χ1v) is 12.4. The molecule has 0 radical (unpaired) electrons. The average molecular weight is 469 g/mol. The summed E-state index contributed by atoms with van der Waals surface area (Å²) in [4.78, 5) is 18.9. The zero-order valence-electron chi connectivity index (χ0n) is 18.8. The predicted octanol–water partition coefficient (Wildman–Crippen LogP) is 3.16. The summed E-state index contributed by atoms with van der Waals surface area (Å²) in [7, 11) is -1.55. The molecule has 1 amide bonds. The molecule has 3 aromatic rings. The normalized spacial score (nSPS) is 15.5. The molecule has 0 unspecified atom stereocenters. The Labute approximate surface area is 194 Å². The van der Waals surface area contributed by atoms with Gasteiger partial charge in [-0.2, -0.15) is 4.31 Å². The number of oxazole rings is 1. The SMILES string of the molecule is Cc1ccc(-c2cnc(CCC(=O)Nc3ccc(S(=O)(=O)N4CCN(C)CC4)cc3)o2)cc1. The van der Waals surface area contributed by atoms with Gasteiger partial charge in [-0.25, -0.2) is 13.4 Å². The molecule has 174 valence electrons. The Hall–Kier alpha value is -3.01. The average Bonchev–Trinajstić information content (AvgIpc) is 3.28. The number of likely N-dealkylation sites (N-methyl/N-ethyl adjacent to an activating group) is 1. The lowest BCUT2D eigenvalue weighted by molar-refractivity contribution is -0.116. The van der Waals surface area contributed by atoms with Gasteiger partial charge < -0.3 is 14.6 Å². The molecular formula is C24H28N4O4S. The Morgan fingerprint density at radius 2 is 1.70 bits per heavy atom. The molecule has 0 spiro atoms. The largest absolute Gasteiger partial charge is 0.441 e. The maximum Gasteiger partial charge on any atom is 0.243 e. The van der Waals surface area contributed by atoms with E-state index in [-0.39, 0.29) is 17.2 Å². The van der Waals surface area contributed by atoms with Crippen LogP contribution >= 0.6 is 0 Å². The third kappa shape index (κ3) is 5.68. The Kier molecular flexibility index (Phi) is 6.92. The zero-order valence-corrected chi connectivity index (χ0v) is 19.6. The number of carbonyl (C=O) groups is 1. The van der Waals surface area contributed by atoms with E-state index in [4.69, 9.17) is 4.42 Å². The van der Waals surface area contributed by atoms with Crippen LogP contribution in [0.3, 0.4) is 0 Å². The topological polar surface area (TPSA) is 95.7 Å². The standard InChI is InChI=1S/C24H28N4O4S/c1-18-3-5-19(6-4-18)22-17-25-24(32-22)12-11-23(29)26-20-7-9-21(10-8-20)33(30,31)28-15-13-27(2)14-16-28/h3-10,17H,11-16H2,1-2H3,(H,26,29). The van der Waals surface area contributed by atoms with Crippen molar-refractivity contribution in [1.29, 1.82) is 0 Å². The van der Waals surface area contributed by atoms with Crippen molar-refractivity contribution >= 4 is 21.6 Å². The van der Waals surface area contributed by atoms with Gasteiger partial charge >= 0.3 is 0 Å². The minimum Gasteiger partial charge on any atom is -0.441 e. The third-order valence-corrected chi connectivity index (χ3v) is 7.61. The van der Waals surface area contributed by atoms with Gasteiger partial charge in [0.1, 0.15) is 0 Å². The van der Waals surface area contributed by atoms with Gasteiger partial charge in [0.15, 0.2) is 11.7 Å². The van der Waals surface area contributed by atoms with Crippen LogP contribution < -0.4 is 5.32 Å². The summed E-state index contributed by atoms with van der Waals surface area (Å²) in [6.45, 7) is 4.40. The molecule has 0 saturated carbocycles. The summed E-state index contributed by atoms with van der Waals surface area (Å²) in [6, 6.07) is 14.2. The molecule has 4 rings (SSSR count). The van der Waals surface area contributed by atoms with Gasteiger partial charge in [-0.3, -0.25) is 4.79 Å². The van der Waals surface area contributed by atoms with E-state index in [1.807, 2.05) is 38.2 Å². The molecule has 33 heavy (non-hydrogen) atoms. The fourth-order valence-electron chi connectivity index (χ4n) is 3.61. The molecule has 1 saturated heterocycles. The number of piperazine rings is 1. The maximum absolute atomic E-state index is 12.8. The van der Waals surface area contributed by atoms with Crippen LogP contribution in [0.4, 0.5) is 5.69 Å². The van der Waals surface area contributed by atoms with Gasteiger partial charge in [0.25, 0.3) is 0 Å². The van der Waals surface area contributed by atoms with Crippen molar-refractivity contribution in [2.75, 3.05) is 38.5 Å². The Morgan fingerprint density at radius 3 is 2.36 bits per heavy atom. The van der Waals surface area contributed by atoms with Crippen LogP contribution in [0, 0.1) is 6.92 Å². The molecule has 1 aliphatic heterocycles. The van der Waals surface area contributed by atoms with Crippen molar-refractivity contribution < 1.29 is 17.6 Å². The number of carbonyl (C=O) groups excluding carboxylic acids is 1. The molecule has 2 aromatic carbocycles. The van der Waals surface area contributed by atoms with Gasteiger partial charge in [0.05, 0.1) is 11.1 Å². The summed E-state index contributed by atoms with van der Waals surface area (Å²) in [5.74, 6) is 0.969. The van der Waals surface area contributed by atoms with E-state index in [9.17, 15) is 13.2 Å². The highest BCUT2D eigenvalue weighted by Gasteiger charge is 2.27. The molecule has 0 bridgehead atoms. The lowest BCUT2D eigenvalue weighted by atomic mass is 10.1. The number of aryl methyl sites for hydroxylation is 2. The third-order valence-electron chi connectivity index (χ3n) is 5.69. The highest BCUT2D eigenvalue weighted by atomic mass is 32.2. The quantitative estimate of drug-likeness (QED) is 0.572. The smallest absolute Gasteiger partial charge is 0.243 e. The van der Waals surface area contributed by atoms with E-state index in [2.05, 4.69) is 15.2 Å². The number of hydrogen-bond donors (Lipinski definition) is 1. The van der Waals surface area contributed by atoms with E-state index in [0.29, 0.717) is 49.9 Å². The molecular weight excluding hydrogens is 440 g/mol. The molecule has 1 aliphatic rings. The summed E-state index contributed by atoms with van der Waals surface area (Å²) >= 11 is 0. The number of nitrogens with zero attached hydrogens (tertiary/aromatic N) is 3. The number of hydrogen-bond acceptors (Lipinski definition) is 6. The van der Waals surface area contributed by atoms with Gasteiger partial charge in [-0.1, -0.05) is 29.8 Å². The lowest BCUT2D eigenvalue weighted by Gasteiger charge is -2.31. The molecule has 8 nitrogen and oxygen atoms in total. The minimum absolute atomic E-state index is 0.195. The van der Waals surface area contributed by atoms with Gasteiger partial charge in [-0.15, -0.1) is 0 Å². The van der Waals surface area contributed by atoms with E-state index in [1.165, 1.54) is 22.0 Å². The number of benzene rings is 2. The second kappa shape index (κ2) is 9.86. The van der Waals surface area contributed by atoms with Crippen LogP contribution in [0.2, 0.25) is 0 Å².